The van der Waals surface area contributed by atoms with Crippen molar-refractivity contribution in [2.24, 2.45) is 0 Å². The number of nitrogens with one attached hydrogen (secondary N) is 1. The van der Waals surface area contributed by atoms with Crippen LogP contribution in [0.2, 0.25) is 0 Å². The predicted molar refractivity (Wildman–Crippen MR) is 101 cm³/mol. The van der Waals surface area contributed by atoms with Crippen molar-refractivity contribution in [3.05, 3.63) is 66.4 Å². The summed E-state index contributed by atoms with van der Waals surface area (Å²) in [7, 11) is 0. The van der Waals surface area contributed by atoms with Crippen LogP contribution < -0.4 is 5.32 Å². The number of aromatic nitrogens is 3. The first-order chi connectivity index (χ1) is 13.1. The standard InChI is InChI=1S/C20H23FN4O2/c1-15(2)27-12-6-9-22-19(26)18-14-23-25(17-8-5-7-16(21)13-17)20(18)24-10-3-4-11-24/h3-5,7-8,10-11,13-15H,6,9,12H2,1-2H3,(H,22,26). The topological polar surface area (TPSA) is 61.1 Å². The molecule has 0 aliphatic carbocycles. The zero-order valence-electron chi connectivity index (χ0n) is 15.4. The van der Waals surface area contributed by atoms with E-state index in [1.54, 1.807) is 21.4 Å². The molecule has 0 aliphatic heterocycles. The van der Waals surface area contributed by atoms with Crippen molar-refractivity contribution in [2.45, 2.75) is 26.4 Å². The molecule has 6 nitrogen and oxygen atoms in total. The summed E-state index contributed by atoms with van der Waals surface area (Å²) < 4.78 is 22.5. The summed E-state index contributed by atoms with van der Waals surface area (Å²) >= 11 is 0. The lowest BCUT2D eigenvalue weighted by molar-refractivity contribution is 0.0757. The number of benzene rings is 1. The van der Waals surface area contributed by atoms with Gasteiger partial charge < -0.3 is 14.6 Å². The average Bonchev–Trinajstić information content (AvgIpc) is 3.30. The fourth-order valence-corrected chi connectivity index (χ4v) is 2.71. The highest BCUT2D eigenvalue weighted by Gasteiger charge is 2.19. The van der Waals surface area contributed by atoms with Crippen LogP contribution in [0, 0.1) is 5.82 Å². The van der Waals surface area contributed by atoms with Crippen molar-refractivity contribution >= 4 is 5.91 Å². The van der Waals surface area contributed by atoms with E-state index in [9.17, 15) is 9.18 Å². The van der Waals surface area contributed by atoms with E-state index in [0.717, 1.165) is 6.42 Å². The quantitative estimate of drug-likeness (QED) is 0.619. The van der Waals surface area contributed by atoms with Gasteiger partial charge in [0.1, 0.15) is 11.4 Å². The maximum atomic E-state index is 13.6. The number of halogens is 1. The van der Waals surface area contributed by atoms with Crippen LogP contribution in [0.1, 0.15) is 30.6 Å². The van der Waals surface area contributed by atoms with E-state index in [4.69, 9.17) is 4.74 Å². The second-order valence-corrected chi connectivity index (χ2v) is 6.39. The van der Waals surface area contributed by atoms with Crippen molar-refractivity contribution < 1.29 is 13.9 Å². The largest absolute Gasteiger partial charge is 0.379 e. The molecule has 0 radical (unpaired) electrons. The van der Waals surface area contributed by atoms with Gasteiger partial charge in [0.15, 0.2) is 5.82 Å². The molecule has 0 aliphatic rings. The van der Waals surface area contributed by atoms with E-state index in [2.05, 4.69) is 10.4 Å². The molecule has 0 bridgehead atoms. The minimum absolute atomic E-state index is 0.172. The highest BCUT2D eigenvalue weighted by Crippen LogP contribution is 2.20. The van der Waals surface area contributed by atoms with Crippen molar-refractivity contribution in [3.8, 4) is 11.5 Å². The van der Waals surface area contributed by atoms with E-state index < -0.39 is 0 Å². The van der Waals surface area contributed by atoms with E-state index in [-0.39, 0.29) is 17.8 Å². The first-order valence-electron chi connectivity index (χ1n) is 8.93. The number of hydrogen-bond acceptors (Lipinski definition) is 3. The monoisotopic (exact) mass is 370 g/mol. The number of amides is 1. The van der Waals surface area contributed by atoms with Crippen LogP contribution in [0.5, 0.6) is 0 Å². The third kappa shape index (κ3) is 4.62. The third-order valence-corrected chi connectivity index (χ3v) is 3.95. The Morgan fingerprint density at radius 2 is 2.04 bits per heavy atom. The Kier molecular flexibility index (Phi) is 6.03. The molecule has 1 amide bonds. The van der Waals surface area contributed by atoms with Gasteiger partial charge >= 0.3 is 0 Å². The number of carbonyl (C=O) groups is 1. The van der Waals surface area contributed by atoms with Crippen LogP contribution >= 0.6 is 0 Å². The maximum absolute atomic E-state index is 13.6. The van der Waals surface area contributed by atoms with Gasteiger partial charge in [0.2, 0.25) is 0 Å². The van der Waals surface area contributed by atoms with Gasteiger partial charge in [0.05, 0.1) is 18.0 Å². The molecule has 7 heteroatoms. The normalized spacial score (nSPS) is 11.1. The summed E-state index contributed by atoms with van der Waals surface area (Å²) in [5, 5.41) is 7.21. The number of carbonyl (C=O) groups excluding carboxylic acids is 1. The van der Waals surface area contributed by atoms with Crippen molar-refractivity contribution in [2.75, 3.05) is 13.2 Å². The lowest BCUT2D eigenvalue weighted by Gasteiger charge is -2.12. The Balaban J connectivity index is 1.82. The molecule has 3 rings (SSSR count). The number of hydrogen-bond donors (Lipinski definition) is 1. The van der Waals surface area contributed by atoms with Crippen LogP contribution in [0.3, 0.4) is 0 Å². The molecule has 2 aromatic heterocycles. The average molecular weight is 370 g/mol. The van der Waals surface area contributed by atoms with Gasteiger partial charge in [-0.1, -0.05) is 6.07 Å². The molecule has 0 saturated carbocycles. The molecule has 0 atom stereocenters. The van der Waals surface area contributed by atoms with Gasteiger partial charge in [-0.2, -0.15) is 5.10 Å². The summed E-state index contributed by atoms with van der Waals surface area (Å²) in [5.41, 5.74) is 0.961. The Morgan fingerprint density at radius 3 is 2.74 bits per heavy atom. The summed E-state index contributed by atoms with van der Waals surface area (Å²) in [6.07, 6.45) is 6.03. The van der Waals surface area contributed by atoms with E-state index in [1.807, 2.05) is 38.4 Å². The van der Waals surface area contributed by atoms with Gasteiger partial charge in [0, 0.05) is 25.5 Å². The second-order valence-electron chi connectivity index (χ2n) is 6.39. The summed E-state index contributed by atoms with van der Waals surface area (Å²) in [4.78, 5) is 12.7. The van der Waals surface area contributed by atoms with Crippen LogP contribution in [-0.4, -0.2) is 39.5 Å². The van der Waals surface area contributed by atoms with Crippen LogP contribution in [0.25, 0.3) is 11.5 Å². The van der Waals surface area contributed by atoms with Gasteiger partial charge in [-0.15, -0.1) is 0 Å². The molecule has 142 valence electrons. The molecule has 27 heavy (non-hydrogen) atoms. The highest BCUT2D eigenvalue weighted by atomic mass is 19.1. The molecule has 2 heterocycles. The molecule has 0 saturated heterocycles. The van der Waals surface area contributed by atoms with Gasteiger partial charge in [-0.05, 0) is 50.6 Å². The fourth-order valence-electron chi connectivity index (χ4n) is 2.71. The number of nitrogens with zero attached hydrogens (tertiary/aromatic N) is 3. The van der Waals surface area contributed by atoms with Gasteiger partial charge in [0.25, 0.3) is 5.91 Å². The van der Waals surface area contributed by atoms with E-state index >= 15 is 0 Å². The summed E-state index contributed by atoms with van der Waals surface area (Å²) in [6.45, 7) is 5.04. The van der Waals surface area contributed by atoms with Crippen molar-refractivity contribution in [3.63, 3.8) is 0 Å². The van der Waals surface area contributed by atoms with Crippen LogP contribution in [0.15, 0.2) is 55.0 Å². The van der Waals surface area contributed by atoms with Crippen molar-refractivity contribution in [1.82, 2.24) is 19.7 Å². The fraction of sp³-hybridized carbons (Fsp3) is 0.300. The molecule has 0 spiro atoms. The summed E-state index contributed by atoms with van der Waals surface area (Å²) in [5.74, 6) is -0.0370. The molecule has 1 N–H and O–H groups in total. The summed E-state index contributed by atoms with van der Waals surface area (Å²) in [6, 6.07) is 9.82. The zero-order chi connectivity index (χ0) is 19.2. The zero-order valence-corrected chi connectivity index (χ0v) is 15.4. The van der Waals surface area contributed by atoms with E-state index in [0.29, 0.717) is 30.2 Å². The highest BCUT2D eigenvalue weighted by molar-refractivity contribution is 5.97. The molecular weight excluding hydrogens is 347 g/mol. The third-order valence-electron chi connectivity index (χ3n) is 3.95. The Morgan fingerprint density at radius 1 is 1.26 bits per heavy atom. The number of ether oxygens (including phenoxy) is 1. The van der Waals surface area contributed by atoms with Gasteiger partial charge in [-0.25, -0.2) is 9.07 Å². The SMILES string of the molecule is CC(C)OCCCNC(=O)c1cnn(-c2cccc(F)c2)c1-n1cccc1. The minimum Gasteiger partial charge on any atom is -0.379 e. The van der Waals surface area contributed by atoms with E-state index in [1.165, 1.54) is 18.3 Å². The van der Waals surface area contributed by atoms with Crippen molar-refractivity contribution in [1.29, 1.82) is 0 Å². The molecule has 0 fully saturated rings. The molecular formula is C20H23FN4O2. The van der Waals surface area contributed by atoms with Crippen LogP contribution in [0.4, 0.5) is 4.39 Å². The second kappa shape index (κ2) is 8.64. The lowest BCUT2D eigenvalue weighted by Crippen LogP contribution is -2.26. The molecule has 0 unspecified atom stereocenters. The Labute approximate surface area is 157 Å². The Hall–Kier alpha value is -2.93. The molecule has 3 aromatic rings. The lowest BCUT2D eigenvalue weighted by atomic mass is 10.2. The first kappa shape index (κ1) is 18.8. The smallest absolute Gasteiger partial charge is 0.256 e. The molecule has 1 aromatic carbocycles. The van der Waals surface area contributed by atoms with Gasteiger partial charge in [-0.3, -0.25) is 4.79 Å². The predicted octanol–water partition coefficient (Wildman–Crippen LogP) is 3.35. The first-order valence-corrected chi connectivity index (χ1v) is 8.93. The van der Waals surface area contributed by atoms with Crippen LogP contribution in [-0.2, 0) is 4.74 Å². The maximum Gasteiger partial charge on any atom is 0.256 e. The minimum atomic E-state index is -0.363. The Bertz CT molecular complexity index is 887. The number of rotatable bonds is 8.